The lowest BCUT2D eigenvalue weighted by atomic mass is 9.92. The van der Waals surface area contributed by atoms with Crippen LogP contribution in [0.25, 0.3) is 10.8 Å². The molecule has 0 aliphatic carbocycles. The fraction of sp³-hybridized carbons (Fsp3) is 0.424. The van der Waals surface area contributed by atoms with Crippen LogP contribution < -0.4 is 9.64 Å². The summed E-state index contributed by atoms with van der Waals surface area (Å²) in [7, 11) is 1.61. The van der Waals surface area contributed by atoms with Gasteiger partial charge < -0.3 is 24.4 Å². The Labute approximate surface area is 240 Å². The molecule has 8 heteroatoms. The maximum atomic E-state index is 14.3. The Hall–Kier alpha value is -3.91. The number of carboxylic acids is 1. The van der Waals surface area contributed by atoms with Gasteiger partial charge in [-0.05, 0) is 52.8 Å². The van der Waals surface area contributed by atoms with Crippen LogP contribution in [-0.4, -0.2) is 60.6 Å². The van der Waals surface area contributed by atoms with Crippen LogP contribution in [0.1, 0.15) is 57.3 Å². The number of amides is 2. The van der Waals surface area contributed by atoms with E-state index in [2.05, 4.69) is 20.8 Å². The van der Waals surface area contributed by atoms with Crippen LogP contribution in [0.5, 0.6) is 5.75 Å². The van der Waals surface area contributed by atoms with Gasteiger partial charge in [0.25, 0.3) is 5.91 Å². The van der Waals surface area contributed by atoms with Crippen molar-refractivity contribution in [3.63, 3.8) is 0 Å². The SMILES string of the molecule is COc1ccc2c(c1)C(c1cccc3ccccc13)OC(CC(=O)N1CCC(C(=O)O)CC1)C(=O)N2CC(C)(C)C. The monoisotopic (exact) mass is 558 g/mol. The van der Waals surface area contributed by atoms with Crippen LogP contribution in [0.4, 0.5) is 5.69 Å². The second-order valence-corrected chi connectivity index (χ2v) is 12.2. The lowest BCUT2D eigenvalue weighted by Crippen LogP contribution is -2.47. The van der Waals surface area contributed by atoms with E-state index in [1.807, 2.05) is 60.7 Å². The first-order valence-corrected chi connectivity index (χ1v) is 14.2. The lowest BCUT2D eigenvalue weighted by molar-refractivity contribution is -0.148. The minimum absolute atomic E-state index is 0.121. The first-order chi connectivity index (χ1) is 19.6. The smallest absolute Gasteiger partial charge is 0.306 e. The number of carbonyl (C=O) groups excluding carboxylic acids is 2. The van der Waals surface area contributed by atoms with Gasteiger partial charge in [0.1, 0.15) is 18.0 Å². The van der Waals surface area contributed by atoms with Gasteiger partial charge in [0.2, 0.25) is 5.91 Å². The van der Waals surface area contributed by atoms with Gasteiger partial charge in [-0.25, -0.2) is 0 Å². The molecule has 0 spiro atoms. The third-order valence-electron chi connectivity index (χ3n) is 7.94. The van der Waals surface area contributed by atoms with E-state index in [1.54, 1.807) is 16.9 Å². The number of aliphatic carboxylic acids is 1. The summed E-state index contributed by atoms with van der Waals surface area (Å²) in [6.07, 6.45) is -0.967. The quantitative estimate of drug-likeness (QED) is 0.434. The molecule has 3 aromatic carbocycles. The number of hydrogen-bond acceptors (Lipinski definition) is 5. The number of carboxylic acid groups (broad SMARTS) is 1. The van der Waals surface area contributed by atoms with Crippen molar-refractivity contribution in [3.05, 3.63) is 71.8 Å². The Balaban J connectivity index is 1.58. The van der Waals surface area contributed by atoms with Crippen molar-refractivity contribution < 1.29 is 29.0 Å². The average molecular weight is 559 g/mol. The van der Waals surface area contributed by atoms with Crippen LogP contribution in [-0.2, 0) is 19.1 Å². The van der Waals surface area contributed by atoms with E-state index in [0.717, 1.165) is 27.6 Å². The molecule has 41 heavy (non-hydrogen) atoms. The normalized spacial score (nSPS) is 20.0. The molecule has 2 aliphatic rings. The number of nitrogens with zero attached hydrogens (tertiary/aromatic N) is 2. The summed E-state index contributed by atoms with van der Waals surface area (Å²) in [5.74, 6) is -1.09. The zero-order valence-corrected chi connectivity index (χ0v) is 24.1. The third-order valence-corrected chi connectivity index (χ3v) is 7.94. The Kier molecular flexibility index (Phi) is 8.04. The van der Waals surface area contributed by atoms with Crippen LogP contribution in [0.3, 0.4) is 0 Å². The van der Waals surface area contributed by atoms with Crippen LogP contribution in [0.2, 0.25) is 0 Å². The first-order valence-electron chi connectivity index (χ1n) is 14.2. The number of carbonyl (C=O) groups is 3. The molecular weight excluding hydrogens is 520 g/mol. The molecule has 1 fully saturated rings. The van der Waals surface area contributed by atoms with Crippen molar-refractivity contribution in [3.8, 4) is 5.75 Å². The van der Waals surface area contributed by atoms with Gasteiger partial charge in [-0.2, -0.15) is 0 Å². The van der Waals surface area contributed by atoms with Crippen LogP contribution in [0, 0.1) is 11.3 Å². The predicted octanol–water partition coefficient (Wildman–Crippen LogP) is 5.43. The summed E-state index contributed by atoms with van der Waals surface area (Å²) in [5.41, 5.74) is 2.22. The molecule has 2 heterocycles. The van der Waals surface area contributed by atoms with Gasteiger partial charge in [0.05, 0.1) is 25.1 Å². The molecule has 1 N–H and O–H groups in total. The Morgan fingerprint density at radius 1 is 1.00 bits per heavy atom. The molecule has 0 bridgehead atoms. The molecule has 0 radical (unpaired) electrons. The number of methoxy groups -OCH3 is 1. The molecule has 2 unspecified atom stereocenters. The van der Waals surface area contributed by atoms with Gasteiger partial charge in [0.15, 0.2) is 0 Å². The van der Waals surface area contributed by atoms with Crippen molar-refractivity contribution in [2.24, 2.45) is 11.3 Å². The molecule has 8 nitrogen and oxygen atoms in total. The summed E-state index contributed by atoms with van der Waals surface area (Å²) in [6.45, 7) is 7.36. The van der Waals surface area contributed by atoms with E-state index in [9.17, 15) is 19.5 Å². The average Bonchev–Trinajstić information content (AvgIpc) is 3.06. The summed E-state index contributed by atoms with van der Waals surface area (Å²) in [5, 5.41) is 11.4. The summed E-state index contributed by atoms with van der Waals surface area (Å²) < 4.78 is 12.3. The van der Waals surface area contributed by atoms with Crippen molar-refractivity contribution >= 4 is 34.2 Å². The van der Waals surface area contributed by atoms with Crippen molar-refractivity contribution in [1.29, 1.82) is 0 Å². The fourth-order valence-electron chi connectivity index (χ4n) is 5.86. The summed E-state index contributed by atoms with van der Waals surface area (Å²) in [6, 6.07) is 19.8. The first kappa shape index (κ1) is 28.6. The van der Waals surface area contributed by atoms with E-state index in [0.29, 0.717) is 38.2 Å². The zero-order chi connectivity index (χ0) is 29.3. The third kappa shape index (κ3) is 6.07. The maximum absolute atomic E-state index is 14.3. The molecule has 2 amide bonds. The summed E-state index contributed by atoms with van der Waals surface area (Å²) >= 11 is 0. The predicted molar refractivity (Wildman–Crippen MR) is 157 cm³/mol. The number of hydrogen-bond donors (Lipinski definition) is 1. The van der Waals surface area contributed by atoms with Crippen molar-refractivity contribution in [1.82, 2.24) is 4.90 Å². The van der Waals surface area contributed by atoms with Crippen molar-refractivity contribution in [2.45, 2.75) is 52.2 Å². The largest absolute Gasteiger partial charge is 0.497 e. The molecule has 2 aliphatic heterocycles. The molecule has 3 aromatic rings. The standard InChI is InChI=1S/C33H38N2O6/c1-33(2,3)20-35-27-13-12-23(40-4)18-26(27)30(25-11-7-9-21-8-5-6-10-24(21)25)41-28(31(35)37)19-29(36)34-16-14-22(15-17-34)32(38)39/h5-13,18,22,28,30H,14-17,19-20H2,1-4H3,(H,38,39). The minimum atomic E-state index is -1.02. The Morgan fingerprint density at radius 2 is 1.71 bits per heavy atom. The molecule has 0 saturated carbocycles. The molecule has 0 aromatic heterocycles. The van der Waals surface area contributed by atoms with Crippen LogP contribution >= 0.6 is 0 Å². The van der Waals surface area contributed by atoms with E-state index in [-0.39, 0.29) is 23.7 Å². The van der Waals surface area contributed by atoms with Gasteiger partial charge in [-0.1, -0.05) is 63.2 Å². The molecule has 2 atom stereocenters. The molecule has 1 saturated heterocycles. The highest BCUT2D eigenvalue weighted by Gasteiger charge is 2.40. The van der Waals surface area contributed by atoms with Gasteiger partial charge in [0, 0.05) is 25.2 Å². The fourth-order valence-corrected chi connectivity index (χ4v) is 5.86. The molecule has 216 valence electrons. The molecule has 5 rings (SSSR count). The number of fused-ring (bicyclic) bond motifs is 2. The summed E-state index contributed by atoms with van der Waals surface area (Å²) in [4.78, 5) is 42.6. The number of rotatable bonds is 6. The van der Waals surface area contributed by atoms with Gasteiger partial charge in [-0.15, -0.1) is 0 Å². The van der Waals surface area contributed by atoms with E-state index in [4.69, 9.17) is 9.47 Å². The number of likely N-dealkylation sites (tertiary alicyclic amines) is 1. The Bertz CT molecular complexity index is 1450. The highest BCUT2D eigenvalue weighted by Crippen LogP contribution is 2.43. The minimum Gasteiger partial charge on any atom is -0.497 e. The second-order valence-electron chi connectivity index (χ2n) is 12.2. The van der Waals surface area contributed by atoms with Gasteiger partial charge in [-0.3, -0.25) is 14.4 Å². The number of ether oxygens (including phenoxy) is 2. The Morgan fingerprint density at radius 3 is 2.39 bits per heavy atom. The van der Waals surface area contributed by atoms with E-state index >= 15 is 0 Å². The van der Waals surface area contributed by atoms with Crippen molar-refractivity contribution in [2.75, 3.05) is 31.6 Å². The van der Waals surface area contributed by atoms with Gasteiger partial charge >= 0.3 is 5.97 Å². The second kappa shape index (κ2) is 11.5. The highest BCUT2D eigenvalue weighted by molar-refractivity contribution is 6.01. The molecular formula is C33H38N2O6. The maximum Gasteiger partial charge on any atom is 0.306 e. The number of benzene rings is 3. The number of piperidine rings is 1. The van der Waals surface area contributed by atoms with E-state index < -0.39 is 24.1 Å². The van der Waals surface area contributed by atoms with Crippen LogP contribution in [0.15, 0.2) is 60.7 Å². The highest BCUT2D eigenvalue weighted by atomic mass is 16.5. The number of anilines is 1. The zero-order valence-electron chi connectivity index (χ0n) is 24.1. The van der Waals surface area contributed by atoms with E-state index in [1.165, 1.54) is 0 Å². The topological polar surface area (TPSA) is 96.4 Å². The lowest BCUT2D eigenvalue weighted by Gasteiger charge is -2.33.